The molecule has 7 heteroatoms. The summed E-state index contributed by atoms with van der Waals surface area (Å²) < 4.78 is 31.6. The summed E-state index contributed by atoms with van der Waals surface area (Å²) in [4.78, 5) is 4.17. The summed E-state index contributed by atoms with van der Waals surface area (Å²) in [6.45, 7) is 6.07. The Morgan fingerprint density at radius 2 is 1.88 bits per heavy atom. The molecule has 6 nitrogen and oxygen atoms in total. The minimum Gasteiger partial charge on any atom is -0.481 e. The third-order valence-corrected chi connectivity index (χ3v) is 6.77. The molecule has 1 aliphatic rings. The molecule has 1 fully saturated rings. The minimum atomic E-state index is -3.26. The molecule has 1 saturated carbocycles. The standard InChI is InChI=1S/C17H29N3O3S/c1-17(2,3)24(21,22)20-14-7-5-13(6-8-14)11-18-15-9-10-16(23-4)19-12-15/h9-10,12-14,18,20H,5-8,11H2,1-4H3/t13-,14-. The lowest BCUT2D eigenvalue weighted by molar-refractivity contribution is 0.322. The zero-order chi connectivity index (χ0) is 17.8. The first kappa shape index (κ1) is 19.0. The Morgan fingerprint density at radius 3 is 2.38 bits per heavy atom. The molecule has 0 atom stereocenters. The Labute approximate surface area is 145 Å². The predicted octanol–water partition coefficient (Wildman–Crippen LogP) is 2.78. The zero-order valence-corrected chi connectivity index (χ0v) is 15.8. The SMILES string of the molecule is COc1ccc(NC[C@H]2CC[C@H](NS(=O)(=O)C(C)(C)C)CC2)cn1. The molecule has 0 radical (unpaired) electrons. The van der Waals surface area contributed by atoms with E-state index in [4.69, 9.17) is 4.74 Å². The molecule has 2 N–H and O–H groups in total. The lowest BCUT2D eigenvalue weighted by Crippen LogP contribution is -2.46. The highest BCUT2D eigenvalue weighted by atomic mass is 32.2. The summed E-state index contributed by atoms with van der Waals surface area (Å²) in [5, 5.41) is 3.40. The third kappa shape index (κ3) is 5.08. The number of hydrogen-bond donors (Lipinski definition) is 2. The first-order chi connectivity index (χ1) is 11.2. The number of anilines is 1. The van der Waals surface area contributed by atoms with E-state index in [1.165, 1.54) is 0 Å². The average Bonchev–Trinajstić information content (AvgIpc) is 2.53. The molecule has 136 valence electrons. The van der Waals surface area contributed by atoms with Gasteiger partial charge in [0.15, 0.2) is 0 Å². The number of nitrogens with one attached hydrogen (secondary N) is 2. The number of sulfonamides is 1. The molecule has 1 aliphatic carbocycles. The summed E-state index contributed by atoms with van der Waals surface area (Å²) in [5.41, 5.74) is 0.978. The van der Waals surface area contributed by atoms with Gasteiger partial charge in [-0.25, -0.2) is 18.1 Å². The van der Waals surface area contributed by atoms with Crippen molar-refractivity contribution in [2.24, 2.45) is 5.92 Å². The van der Waals surface area contributed by atoms with Gasteiger partial charge < -0.3 is 10.1 Å². The molecular formula is C17H29N3O3S. The molecule has 0 unspecified atom stereocenters. The third-order valence-electron chi connectivity index (χ3n) is 4.52. The van der Waals surface area contributed by atoms with Gasteiger partial charge in [0, 0.05) is 18.7 Å². The molecule has 1 aromatic rings. The van der Waals surface area contributed by atoms with Crippen LogP contribution in [0.5, 0.6) is 5.88 Å². The maximum Gasteiger partial charge on any atom is 0.216 e. The first-order valence-corrected chi connectivity index (χ1v) is 9.95. The van der Waals surface area contributed by atoms with Crippen LogP contribution >= 0.6 is 0 Å². The Kier molecular flexibility index (Phi) is 6.09. The summed E-state index contributed by atoms with van der Waals surface area (Å²) in [7, 11) is -1.66. The topological polar surface area (TPSA) is 80.3 Å². The van der Waals surface area contributed by atoms with Crippen LogP contribution in [0.25, 0.3) is 0 Å². The second-order valence-corrected chi connectivity index (χ2v) is 9.89. The van der Waals surface area contributed by atoms with E-state index in [2.05, 4.69) is 15.0 Å². The second kappa shape index (κ2) is 7.70. The van der Waals surface area contributed by atoms with Gasteiger partial charge in [0.05, 0.1) is 23.7 Å². The molecule has 0 aromatic carbocycles. The largest absolute Gasteiger partial charge is 0.481 e. The van der Waals surface area contributed by atoms with E-state index in [1.807, 2.05) is 12.1 Å². The van der Waals surface area contributed by atoms with Crippen molar-refractivity contribution >= 4 is 15.7 Å². The summed E-state index contributed by atoms with van der Waals surface area (Å²) in [5.74, 6) is 1.16. The lowest BCUT2D eigenvalue weighted by Gasteiger charge is -2.31. The van der Waals surface area contributed by atoms with Gasteiger partial charge in [-0.15, -0.1) is 0 Å². The van der Waals surface area contributed by atoms with Crippen LogP contribution in [0.1, 0.15) is 46.5 Å². The van der Waals surface area contributed by atoms with Gasteiger partial charge in [-0.2, -0.15) is 0 Å². The molecule has 0 bridgehead atoms. The van der Waals surface area contributed by atoms with E-state index in [-0.39, 0.29) is 6.04 Å². The van der Waals surface area contributed by atoms with Gasteiger partial charge in [-0.3, -0.25) is 0 Å². The number of aromatic nitrogens is 1. The number of hydrogen-bond acceptors (Lipinski definition) is 5. The van der Waals surface area contributed by atoms with Crippen LogP contribution in [-0.4, -0.2) is 37.8 Å². The van der Waals surface area contributed by atoms with E-state index >= 15 is 0 Å². The second-order valence-electron chi connectivity index (χ2n) is 7.42. The van der Waals surface area contributed by atoms with E-state index in [0.29, 0.717) is 11.8 Å². The van der Waals surface area contributed by atoms with E-state index in [1.54, 1.807) is 34.1 Å². The maximum atomic E-state index is 12.2. The molecule has 0 aliphatic heterocycles. The van der Waals surface area contributed by atoms with Crippen molar-refractivity contribution in [3.05, 3.63) is 18.3 Å². The van der Waals surface area contributed by atoms with Crippen molar-refractivity contribution < 1.29 is 13.2 Å². The highest BCUT2D eigenvalue weighted by Crippen LogP contribution is 2.26. The fraction of sp³-hybridized carbons (Fsp3) is 0.706. The van der Waals surface area contributed by atoms with Gasteiger partial charge in [-0.1, -0.05) is 0 Å². The van der Waals surface area contributed by atoms with Gasteiger partial charge in [0.2, 0.25) is 15.9 Å². The van der Waals surface area contributed by atoms with Crippen LogP contribution in [0.3, 0.4) is 0 Å². The van der Waals surface area contributed by atoms with Crippen molar-refractivity contribution in [1.29, 1.82) is 0 Å². The van der Waals surface area contributed by atoms with Crippen molar-refractivity contribution in [2.45, 2.75) is 57.2 Å². The lowest BCUT2D eigenvalue weighted by atomic mass is 9.86. The molecule has 0 spiro atoms. The van der Waals surface area contributed by atoms with Crippen molar-refractivity contribution in [3.8, 4) is 5.88 Å². The van der Waals surface area contributed by atoms with Crippen LogP contribution in [0.15, 0.2) is 18.3 Å². The Hall–Kier alpha value is -1.34. The average molecular weight is 356 g/mol. The van der Waals surface area contributed by atoms with Crippen LogP contribution in [0.2, 0.25) is 0 Å². The molecule has 1 aromatic heterocycles. The van der Waals surface area contributed by atoms with E-state index < -0.39 is 14.8 Å². The number of methoxy groups -OCH3 is 1. The van der Waals surface area contributed by atoms with Crippen molar-refractivity contribution in [2.75, 3.05) is 19.0 Å². The maximum absolute atomic E-state index is 12.2. The molecular weight excluding hydrogens is 326 g/mol. The van der Waals surface area contributed by atoms with E-state index in [0.717, 1.165) is 37.9 Å². The van der Waals surface area contributed by atoms with Crippen molar-refractivity contribution in [1.82, 2.24) is 9.71 Å². The Morgan fingerprint density at radius 1 is 1.21 bits per heavy atom. The van der Waals surface area contributed by atoms with Crippen LogP contribution < -0.4 is 14.8 Å². The monoisotopic (exact) mass is 355 g/mol. The molecule has 1 heterocycles. The van der Waals surface area contributed by atoms with Gasteiger partial charge in [-0.05, 0) is 58.4 Å². The normalized spacial score (nSPS) is 22.2. The minimum absolute atomic E-state index is 0.0631. The summed E-state index contributed by atoms with van der Waals surface area (Å²) >= 11 is 0. The van der Waals surface area contributed by atoms with Gasteiger partial charge in [0.25, 0.3) is 0 Å². The van der Waals surface area contributed by atoms with Crippen LogP contribution in [0, 0.1) is 5.92 Å². The van der Waals surface area contributed by atoms with Crippen LogP contribution in [0.4, 0.5) is 5.69 Å². The summed E-state index contributed by atoms with van der Waals surface area (Å²) in [6, 6.07) is 3.85. The zero-order valence-electron chi connectivity index (χ0n) is 15.0. The predicted molar refractivity (Wildman–Crippen MR) is 96.8 cm³/mol. The molecule has 2 rings (SSSR count). The fourth-order valence-electron chi connectivity index (χ4n) is 2.75. The number of rotatable bonds is 6. The number of pyridine rings is 1. The Bertz CT molecular complexity index is 615. The first-order valence-electron chi connectivity index (χ1n) is 8.47. The number of nitrogens with zero attached hydrogens (tertiary/aromatic N) is 1. The smallest absolute Gasteiger partial charge is 0.216 e. The van der Waals surface area contributed by atoms with Crippen molar-refractivity contribution in [3.63, 3.8) is 0 Å². The molecule has 0 amide bonds. The molecule has 24 heavy (non-hydrogen) atoms. The van der Waals surface area contributed by atoms with Gasteiger partial charge in [0.1, 0.15) is 0 Å². The number of ether oxygens (including phenoxy) is 1. The highest BCUT2D eigenvalue weighted by molar-refractivity contribution is 7.90. The quantitative estimate of drug-likeness (QED) is 0.820. The highest BCUT2D eigenvalue weighted by Gasteiger charge is 2.32. The van der Waals surface area contributed by atoms with Crippen LogP contribution in [-0.2, 0) is 10.0 Å². The summed E-state index contributed by atoms with van der Waals surface area (Å²) in [6.07, 6.45) is 5.59. The fourth-order valence-corrected chi connectivity index (χ4v) is 3.78. The van der Waals surface area contributed by atoms with E-state index in [9.17, 15) is 8.42 Å². The molecule has 0 saturated heterocycles. The van der Waals surface area contributed by atoms with Gasteiger partial charge >= 0.3 is 0 Å². The Balaban J connectivity index is 1.76.